The number of ether oxygens (including phenoxy) is 2. The molecule has 0 atom stereocenters. The lowest BCUT2D eigenvalue weighted by molar-refractivity contribution is -0.137. The molecule has 0 saturated carbocycles. The van der Waals surface area contributed by atoms with Gasteiger partial charge in [-0.15, -0.1) is 0 Å². The van der Waals surface area contributed by atoms with Crippen molar-refractivity contribution in [2.24, 2.45) is 0 Å². The first kappa shape index (κ1) is 20.6. The smallest absolute Gasteiger partial charge is 0.418 e. The number of amides is 1. The Labute approximate surface area is 156 Å². The van der Waals surface area contributed by atoms with Crippen LogP contribution in [0.1, 0.15) is 36.1 Å². The summed E-state index contributed by atoms with van der Waals surface area (Å²) in [7, 11) is 0. The van der Waals surface area contributed by atoms with Crippen LogP contribution in [0.5, 0.6) is 5.75 Å². The first-order chi connectivity index (χ1) is 12.8. The van der Waals surface area contributed by atoms with Crippen molar-refractivity contribution in [3.8, 4) is 5.75 Å². The zero-order valence-electron chi connectivity index (χ0n) is 15.4. The summed E-state index contributed by atoms with van der Waals surface area (Å²) >= 11 is 0. The first-order valence-electron chi connectivity index (χ1n) is 8.61. The van der Waals surface area contributed by atoms with Gasteiger partial charge in [0, 0.05) is 5.56 Å². The molecule has 1 N–H and O–H groups in total. The van der Waals surface area contributed by atoms with Crippen molar-refractivity contribution < 1.29 is 27.4 Å². The third kappa shape index (κ3) is 5.39. The summed E-state index contributed by atoms with van der Waals surface area (Å²) in [5, 5.41) is 2.19. The minimum Gasteiger partial charge on any atom is -0.489 e. The van der Waals surface area contributed by atoms with E-state index in [2.05, 4.69) is 5.32 Å². The largest absolute Gasteiger partial charge is 0.489 e. The maximum Gasteiger partial charge on any atom is 0.418 e. The molecule has 2 aromatic carbocycles. The monoisotopic (exact) mass is 381 g/mol. The zero-order chi connectivity index (χ0) is 20.0. The molecule has 0 bridgehead atoms. The van der Waals surface area contributed by atoms with E-state index in [0.29, 0.717) is 5.75 Å². The molecule has 0 unspecified atom stereocenters. The number of alkyl halides is 3. The molecule has 1 amide bonds. The summed E-state index contributed by atoms with van der Waals surface area (Å²) in [5.74, 6) is 0.576. The summed E-state index contributed by atoms with van der Waals surface area (Å²) in [6, 6.07) is 9.34. The first-order valence-corrected chi connectivity index (χ1v) is 8.61. The van der Waals surface area contributed by atoms with Crippen molar-refractivity contribution in [3.63, 3.8) is 0 Å². The van der Waals surface area contributed by atoms with Crippen LogP contribution in [-0.4, -0.2) is 12.7 Å². The van der Waals surface area contributed by atoms with E-state index in [1.165, 1.54) is 12.1 Å². The van der Waals surface area contributed by atoms with Gasteiger partial charge in [-0.25, -0.2) is 4.79 Å². The normalized spacial score (nSPS) is 11.2. The average Bonchev–Trinajstić information content (AvgIpc) is 2.60. The lowest BCUT2D eigenvalue weighted by Gasteiger charge is -2.18. The standard InChI is InChI=1S/C20H22F3NO3/c1-4-14-9-10-17(13(3)11-14)27-12-15-7-6-8-16(20(21,22)23)18(15)24-19(25)26-5-2/h6-11H,4-5,12H2,1-3H3,(H,24,25). The molecule has 0 spiro atoms. The van der Waals surface area contributed by atoms with Gasteiger partial charge in [0.1, 0.15) is 12.4 Å². The lowest BCUT2D eigenvalue weighted by atomic mass is 10.1. The van der Waals surface area contributed by atoms with Crippen molar-refractivity contribution in [2.45, 2.75) is 40.0 Å². The van der Waals surface area contributed by atoms with Crippen LogP contribution in [0.3, 0.4) is 0 Å². The number of benzene rings is 2. The van der Waals surface area contributed by atoms with Gasteiger partial charge in [0.05, 0.1) is 17.9 Å². The van der Waals surface area contributed by atoms with E-state index >= 15 is 0 Å². The van der Waals surface area contributed by atoms with Gasteiger partial charge < -0.3 is 9.47 Å². The van der Waals surface area contributed by atoms with E-state index in [9.17, 15) is 18.0 Å². The Hall–Kier alpha value is -2.70. The van der Waals surface area contributed by atoms with Crippen LogP contribution in [0.25, 0.3) is 0 Å². The van der Waals surface area contributed by atoms with Gasteiger partial charge in [0.2, 0.25) is 0 Å². The lowest BCUT2D eigenvalue weighted by Crippen LogP contribution is -2.19. The van der Waals surface area contributed by atoms with Crippen molar-refractivity contribution >= 4 is 11.8 Å². The number of carbonyl (C=O) groups excluding carboxylic acids is 1. The minimum absolute atomic E-state index is 0.0504. The Morgan fingerprint density at radius 3 is 2.48 bits per heavy atom. The van der Waals surface area contributed by atoms with Crippen molar-refractivity contribution in [3.05, 3.63) is 58.7 Å². The highest BCUT2D eigenvalue weighted by Crippen LogP contribution is 2.37. The minimum atomic E-state index is -4.62. The van der Waals surface area contributed by atoms with E-state index < -0.39 is 17.8 Å². The highest BCUT2D eigenvalue weighted by molar-refractivity contribution is 5.87. The van der Waals surface area contributed by atoms with Crippen molar-refractivity contribution in [1.82, 2.24) is 0 Å². The molecular weight excluding hydrogens is 359 g/mol. The van der Waals surface area contributed by atoms with Crippen LogP contribution in [0.4, 0.5) is 23.7 Å². The van der Waals surface area contributed by atoms with E-state index in [4.69, 9.17) is 9.47 Å². The van der Waals surface area contributed by atoms with Crippen molar-refractivity contribution in [1.29, 1.82) is 0 Å². The topological polar surface area (TPSA) is 47.6 Å². The van der Waals surface area contributed by atoms with Crippen molar-refractivity contribution in [2.75, 3.05) is 11.9 Å². The summed E-state index contributed by atoms with van der Waals surface area (Å²) in [5.41, 5.74) is 0.933. The van der Waals surface area contributed by atoms with E-state index in [0.717, 1.165) is 23.6 Å². The Kier molecular flexibility index (Phi) is 6.71. The van der Waals surface area contributed by atoms with Gasteiger partial charge in [0.25, 0.3) is 0 Å². The number of carbonyl (C=O) groups is 1. The molecule has 0 radical (unpaired) electrons. The summed E-state index contributed by atoms with van der Waals surface area (Å²) in [6.07, 6.45) is -4.69. The van der Waals surface area contributed by atoms with E-state index in [1.54, 1.807) is 13.0 Å². The number of halogens is 3. The molecule has 0 saturated heterocycles. The fourth-order valence-electron chi connectivity index (χ4n) is 2.62. The summed E-state index contributed by atoms with van der Waals surface area (Å²) in [6.45, 7) is 5.40. The van der Waals surface area contributed by atoms with Crippen LogP contribution in [0, 0.1) is 6.92 Å². The van der Waals surface area contributed by atoms with E-state index in [-0.39, 0.29) is 24.5 Å². The molecule has 7 heteroatoms. The summed E-state index contributed by atoms with van der Waals surface area (Å²) < 4.78 is 50.5. The second kappa shape index (κ2) is 8.79. The maximum atomic E-state index is 13.3. The molecule has 0 heterocycles. The van der Waals surface area contributed by atoms with Crippen LogP contribution in [-0.2, 0) is 23.9 Å². The number of rotatable bonds is 6. The molecule has 0 fully saturated rings. The predicted molar refractivity (Wildman–Crippen MR) is 97.0 cm³/mol. The fraction of sp³-hybridized carbons (Fsp3) is 0.350. The molecule has 0 aliphatic carbocycles. The summed E-state index contributed by atoms with van der Waals surface area (Å²) in [4.78, 5) is 11.7. The van der Waals surface area contributed by atoms with Gasteiger partial charge >= 0.3 is 12.3 Å². The number of aryl methyl sites for hydroxylation is 2. The average molecular weight is 381 g/mol. The molecule has 146 valence electrons. The van der Waals surface area contributed by atoms with Crippen LogP contribution in [0.2, 0.25) is 0 Å². The zero-order valence-corrected chi connectivity index (χ0v) is 15.4. The SMILES string of the molecule is CCOC(=O)Nc1c(COc2ccc(CC)cc2C)cccc1C(F)(F)F. The third-order valence-corrected chi connectivity index (χ3v) is 3.99. The van der Waals surface area contributed by atoms with Gasteiger partial charge in [-0.2, -0.15) is 13.2 Å². The number of nitrogens with one attached hydrogen (secondary N) is 1. The molecule has 2 rings (SSSR count). The number of anilines is 1. The second-order valence-corrected chi connectivity index (χ2v) is 5.93. The Morgan fingerprint density at radius 2 is 1.89 bits per heavy atom. The molecular formula is C20H22F3NO3. The Morgan fingerprint density at radius 1 is 1.15 bits per heavy atom. The second-order valence-electron chi connectivity index (χ2n) is 5.93. The van der Waals surface area contributed by atoms with Gasteiger partial charge in [-0.05, 0) is 43.5 Å². The molecule has 4 nitrogen and oxygen atoms in total. The molecule has 0 aliphatic heterocycles. The van der Waals surface area contributed by atoms with Crippen LogP contribution < -0.4 is 10.1 Å². The van der Waals surface area contributed by atoms with Crippen LogP contribution >= 0.6 is 0 Å². The maximum absolute atomic E-state index is 13.3. The van der Waals surface area contributed by atoms with Gasteiger partial charge in [-0.3, -0.25) is 5.32 Å². The van der Waals surface area contributed by atoms with Gasteiger partial charge in [-0.1, -0.05) is 31.2 Å². The molecule has 27 heavy (non-hydrogen) atoms. The van der Waals surface area contributed by atoms with Gasteiger partial charge in [0.15, 0.2) is 0 Å². The highest BCUT2D eigenvalue weighted by atomic mass is 19.4. The molecule has 2 aromatic rings. The fourth-order valence-corrected chi connectivity index (χ4v) is 2.62. The Balaban J connectivity index is 2.31. The quantitative estimate of drug-likeness (QED) is 0.696. The molecule has 0 aliphatic rings. The Bertz CT molecular complexity index is 804. The predicted octanol–water partition coefficient (Wildman–Crippen LogP) is 5.72. The number of para-hydroxylation sites is 1. The molecule has 0 aromatic heterocycles. The third-order valence-electron chi connectivity index (χ3n) is 3.99. The number of hydrogen-bond donors (Lipinski definition) is 1. The number of hydrogen-bond acceptors (Lipinski definition) is 3. The van der Waals surface area contributed by atoms with E-state index in [1.807, 2.05) is 26.0 Å². The van der Waals surface area contributed by atoms with Crippen LogP contribution in [0.15, 0.2) is 36.4 Å². The highest BCUT2D eigenvalue weighted by Gasteiger charge is 2.35.